The Morgan fingerprint density at radius 3 is 2.82 bits per heavy atom. The number of furan rings is 1. The van der Waals surface area contributed by atoms with Crippen LogP contribution in [0, 0.1) is 5.92 Å². The molecule has 0 bridgehead atoms. The number of rotatable bonds is 4. The standard InChI is InChI=1S/C22H23N3O2S/c26-22(18-15-28-21(23-18)20-6-3-13-27-20)24-10-7-16(8-11-24)14-25-12-9-17-4-1-2-5-19(17)25/h1-6,13,15-16H,7-12,14H2. The first-order chi connectivity index (χ1) is 13.8. The highest BCUT2D eigenvalue weighted by Crippen LogP contribution is 2.30. The number of para-hydroxylation sites is 1. The van der Waals surface area contributed by atoms with Gasteiger partial charge in [0.05, 0.1) is 6.26 Å². The molecular weight excluding hydrogens is 370 g/mol. The Kier molecular flexibility index (Phi) is 4.64. The van der Waals surface area contributed by atoms with Crippen LogP contribution in [0.25, 0.3) is 10.8 Å². The summed E-state index contributed by atoms with van der Waals surface area (Å²) < 4.78 is 5.38. The van der Waals surface area contributed by atoms with Crippen LogP contribution in [0.3, 0.4) is 0 Å². The smallest absolute Gasteiger partial charge is 0.273 e. The Hall–Kier alpha value is -2.60. The molecule has 2 aliphatic heterocycles. The quantitative estimate of drug-likeness (QED) is 0.662. The molecule has 2 aromatic heterocycles. The van der Waals surface area contributed by atoms with E-state index >= 15 is 0 Å². The summed E-state index contributed by atoms with van der Waals surface area (Å²) in [5, 5.41) is 2.60. The van der Waals surface area contributed by atoms with Gasteiger partial charge in [-0.3, -0.25) is 4.79 Å². The highest BCUT2D eigenvalue weighted by atomic mass is 32.1. The second kappa shape index (κ2) is 7.43. The minimum Gasteiger partial charge on any atom is -0.462 e. The molecule has 0 unspecified atom stereocenters. The van der Waals surface area contributed by atoms with Crippen molar-refractivity contribution in [1.82, 2.24) is 9.88 Å². The van der Waals surface area contributed by atoms with Crippen molar-refractivity contribution in [1.29, 1.82) is 0 Å². The zero-order chi connectivity index (χ0) is 18.9. The molecule has 5 rings (SSSR count). The Balaban J connectivity index is 1.18. The van der Waals surface area contributed by atoms with Gasteiger partial charge in [-0.1, -0.05) is 18.2 Å². The van der Waals surface area contributed by atoms with Crippen molar-refractivity contribution in [2.75, 3.05) is 31.1 Å². The van der Waals surface area contributed by atoms with Gasteiger partial charge in [0.2, 0.25) is 0 Å². The van der Waals surface area contributed by atoms with E-state index in [2.05, 4.69) is 34.1 Å². The van der Waals surface area contributed by atoms with Gasteiger partial charge in [-0.15, -0.1) is 11.3 Å². The van der Waals surface area contributed by atoms with Crippen LogP contribution in [-0.2, 0) is 6.42 Å². The van der Waals surface area contributed by atoms with Gasteiger partial charge in [-0.05, 0) is 48.9 Å². The molecule has 0 aliphatic carbocycles. The number of carbonyl (C=O) groups is 1. The van der Waals surface area contributed by atoms with E-state index < -0.39 is 0 Å². The zero-order valence-corrected chi connectivity index (χ0v) is 16.5. The molecule has 1 fully saturated rings. The van der Waals surface area contributed by atoms with Gasteiger partial charge in [0.1, 0.15) is 5.69 Å². The average Bonchev–Trinajstić information content (AvgIpc) is 3.49. The third-order valence-corrected chi connectivity index (χ3v) is 6.68. The molecule has 1 saturated heterocycles. The van der Waals surface area contributed by atoms with E-state index in [1.54, 1.807) is 6.26 Å². The van der Waals surface area contributed by atoms with Crippen LogP contribution in [0.15, 0.2) is 52.5 Å². The van der Waals surface area contributed by atoms with Crippen LogP contribution in [0.4, 0.5) is 5.69 Å². The van der Waals surface area contributed by atoms with Crippen molar-refractivity contribution in [3.63, 3.8) is 0 Å². The zero-order valence-electron chi connectivity index (χ0n) is 15.7. The number of likely N-dealkylation sites (tertiary alicyclic amines) is 1. The Bertz CT molecular complexity index is 958. The Morgan fingerprint density at radius 2 is 2.00 bits per heavy atom. The SMILES string of the molecule is O=C(c1csc(-c2ccco2)n1)N1CCC(CN2CCc3ccccc32)CC1. The Morgan fingerprint density at radius 1 is 1.14 bits per heavy atom. The maximum absolute atomic E-state index is 12.8. The number of piperidine rings is 1. The number of benzene rings is 1. The molecular formula is C22H23N3O2S. The summed E-state index contributed by atoms with van der Waals surface area (Å²) in [6, 6.07) is 12.4. The second-order valence-corrected chi connectivity index (χ2v) is 8.43. The number of fused-ring (bicyclic) bond motifs is 1. The molecule has 0 N–H and O–H groups in total. The molecule has 1 aromatic carbocycles. The van der Waals surface area contributed by atoms with Gasteiger partial charge >= 0.3 is 0 Å². The highest BCUT2D eigenvalue weighted by molar-refractivity contribution is 7.13. The van der Waals surface area contributed by atoms with Crippen LogP contribution in [0.5, 0.6) is 0 Å². The van der Waals surface area contributed by atoms with Gasteiger partial charge in [-0.2, -0.15) is 0 Å². The van der Waals surface area contributed by atoms with Gasteiger partial charge in [0.25, 0.3) is 5.91 Å². The lowest BCUT2D eigenvalue weighted by Crippen LogP contribution is -2.41. The van der Waals surface area contributed by atoms with Crippen molar-refractivity contribution in [3.05, 3.63) is 59.3 Å². The highest BCUT2D eigenvalue weighted by Gasteiger charge is 2.28. The van der Waals surface area contributed by atoms with Crippen molar-refractivity contribution < 1.29 is 9.21 Å². The molecule has 1 amide bonds. The first-order valence-electron chi connectivity index (χ1n) is 9.89. The number of amides is 1. The maximum Gasteiger partial charge on any atom is 0.273 e. The summed E-state index contributed by atoms with van der Waals surface area (Å²) in [7, 11) is 0. The van der Waals surface area contributed by atoms with Crippen LogP contribution < -0.4 is 4.90 Å². The fraction of sp³-hybridized carbons (Fsp3) is 0.364. The summed E-state index contributed by atoms with van der Waals surface area (Å²) in [6.07, 6.45) is 4.89. The van der Waals surface area contributed by atoms with Crippen molar-refractivity contribution >= 4 is 22.9 Å². The van der Waals surface area contributed by atoms with Crippen molar-refractivity contribution in [2.24, 2.45) is 5.92 Å². The molecule has 28 heavy (non-hydrogen) atoms. The molecule has 2 aliphatic rings. The van der Waals surface area contributed by atoms with E-state index in [-0.39, 0.29) is 5.91 Å². The maximum atomic E-state index is 12.8. The first kappa shape index (κ1) is 17.5. The summed E-state index contributed by atoms with van der Waals surface area (Å²) in [5.41, 5.74) is 3.39. The number of aromatic nitrogens is 1. The van der Waals surface area contributed by atoms with Crippen LogP contribution in [-0.4, -0.2) is 42.0 Å². The summed E-state index contributed by atoms with van der Waals surface area (Å²) in [4.78, 5) is 21.8. The van der Waals surface area contributed by atoms with Gasteiger partial charge in [-0.25, -0.2) is 4.98 Å². The van der Waals surface area contributed by atoms with E-state index in [0.29, 0.717) is 17.4 Å². The first-order valence-corrected chi connectivity index (χ1v) is 10.8. The molecule has 5 nitrogen and oxygen atoms in total. The third kappa shape index (κ3) is 3.33. The van der Waals surface area contributed by atoms with Gasteiger partial charge in [0, 0.05) is 37.2 Å². The van der Waals surface area contributed by atoms with E-state index in [1.807, 2.05) is 22.4 Å². The van der Waals surface area contributed by atoms with Crippen molar-refractivity contribution in [2.45, 2.75) is 19.3 Å². The Labute approximate surface area is 168 Å². The number of anilines is 1. The summed E-state index contributed by atoms with van der Waals surface area (Å²) in [5.74, 6) is 1.40. The predicted octanol–water partition coefficient (Wildman–Crippen LogP) is 4.32. The topological polar surface area (TPSA) is 49.6 Å². The molecule has 3 aromatic rings. The van der Waals surface area contributed by atoms with Gasteiger partial charge < -0.3 is 14.2 Å². The molecule has 0 radical (unpaired) electrons. The number of hydrogen-bond acceptors (Lipinski definition) is 5. The largest absolute Gasteiger partial charge is 0.462 e. The van der Waals surface area contributed by atoms with E-state index in [4.69, 9.17) is 4.42 Å². The number of hydrogen-bond donors (Lipinski definition) is 0. The van der Waals surface area contributed by atoms with E-state index in [1.165, 1.54) is 22.6 Å². The average molecular weight is 394 g/mol. The predicted molar refractivity (Wildman–Crippen MR) is 111 cm³/mol. The number of nitrogens with zero attached hydrogens (tertiary/aromatic N) is 3. The molecule has 6 heteroatoms. The van der Waals surface area contributed by atoms with Crippen LogP contribution in [0.2, 0.25) is 0 Å². The number of carbonyl (C=O) groups excluding carboxylic acids is 1. The fourth-order valence-electron chi connectivity index (χ4n) is 4.27. The van der Waals surface area contributed by atoms with Crippen LogP contribution in [0.1, 0.15) is 28.9 Å². The minimum atomic E-state index is 0.0408. The summed E-state index contributed by atoms with van der Waals surface area (Å²) in [6.45, 7) is 3.84. The molecule has 0 spiro atoms. The third-order valence-electron chi connectivity index (χ3n) is 5.82. The molecule has 0 atom stereocenters. The van der Waals surface area contributed by atoms with Crippen LogP contribution >= 0.6 is 11.3 Å². The van der Waals surface area contributed by atoms with E-state index in [9.17, 15) is 4.79 Å². The number of thiazole rings is 1. The van der Waals surface area contributed by atoms with E-state index in [0.717, 1.165) is 50.4 Å². The lowest BCUT2D eigenvalue weighted by atomic mass is 9.96. The lowest BCUT2D eigenvalue weighted by molar-refractivity contribution is 0.0688. The normalized spacial score (nSPS) is 17.1. The summed E-state index contributed by atoms with van der Waals surface area (Å²) >= 11 is 1.46. The molecule has 144 valence electrons. The second-order valence-electron chi connectivity index (χ2n) is 7.58. The molecule has 0 saturated carbocycles. The monoisotopic (exact) mass is 393 g/mol. The molecule has 4 heterocycles. The van der Waals surface area contributed by atoms with Gasteiger partial charge in [0.15, 0.2) is 10.8 Å². The van der Waals surface area contributed by atoms with Crippen molar-refractivity contribution in [3.8, 4) is 10.8 Å². The fourth-order valence-corrected chi connectivity index (χ4v) is 5.03. The minimum absolute atomic E-state index is 0.0408. The lowest BCUT2D eigenvalue weighted by Gasteiger charge is -2.34.